The van der Waals surface area contributed by atoms with Gasteiger partial charge in [-0.1, -0.05) is 0 Å². The summed E-state index contributed by atoms with van der Waals surface area (Å²) in [6.07, 6.45) is 4.84. The van der Waals surface area contributed by atoms with Crippen molar-refractivity contribution in [3.05, 3.63) is 16.7 Å². The van der Waals surface area contributed by atoms with Crippen molar-refractivity contribution in [3.63, 3.8) is 0 Å². The van der Waals surface area contributed by atoms with Gasteiger partial charge in [-0.15, -0.1) is 0 Å². The molecular formula is C11H18N4O2. The quantitative estimate of drug-likeness (QED) is 0.604. The van der Waals surface area contributed by atoms with Crippen LogP contribution >= 0.6 is 0 Å². The molecule has 1 aliphatic carbocycles. The molecule has 1 aromatic rings. The standard InChI is InChI=1S/C11H18N4O2/c12-9-10(14-7-15-11(9)16)13-4-1-5-17-6-8-2-3-8/h7-8H,1-6,12H2,(H2,13,14,15,16). The van der Waals surface area contributed by atoms with Crippen molar-refractivity contribution in [1.29, 1.82) is 0 Å². The highest BCUT2D eigenvalue weighted by Gasteiger charge is 2.20. The minimum Gasteiger partial charge on any atom is -0.391 e. The third kappa shape index (κ3) is 3.74. The molecule has 94 valence electrons. The second kappa shape index (κ2) is 5.67. The number of rotatable bonds is 7. The summed E-state index contributed by atoms with van der Waals surface area (Å²) in [6, 6.07) is 0. The van der Waals surface area contributed by atoms with Gasteiger partial charge in [-0.2, -0.15) is 0 Å². The molecule has 0 spiro atoms. The number of ether oxygens (including phenoxy) is 1. The number of nitrogen functional groups attached to an aromatic ring is 1. The summed E-state index contributed by atoms with van der Waals surface area (Å²) in [4.78, 5) is 17.5. The van der Waals surface area contributed by atoms with Crippen molar-refractivity contribution < 1.29 is 4.74 Å². The molecule has 1 fully saturated rings. The van der Waals surface area contributed by atoms with Crippen molar-refractivity contribution in [2.45, 2.75) is 19.3 Å². The van der Waals surface area contributed by atoms with E-state index in [-0.39, 0.29) is 11.2 Å². The summed E-state index contributed by atoms with van der Waals surface area (Å²) in [5.41, 5.74) is 5.39. The normalized spacial score (nSPS) is 14.8. The van der Waals surface area contributed by atoms with E-state index in [1.165, 1.54) is 19.2 Å². The third-order valence-corrected chi connectivity index (χ3v) is 2.70. The van der Waals surface area contributed by atoms with Crippen LogP contribution in [0.1, 0.15) is 19.3 Å². The van der Waals surface area contributed by atoms with Crippen LogP contribution < -0.4 is 16.6 Å². The first-order valence-electron chi connectivity index (χ1n) is 5.92. The van der Waals surface area contributed by atoms with Crippen LogP contribution in [-0.4, -0.2) is 29.7 Å². The van der Waals surface area contributed by atoms with Crippen molar-refractivity contribution in [3.8, 4) is 0 Å². The first kappa shape index (κ1) is 11.9. The average Bonchev–Trinajstić information content (AvgIpc) is 3.12. The van der Waals surface area contributed by atoms with E-state index in [0.717, 1.165) is 25.6 Å². The Hall–Kier alpha value is -1.56. The summed E-state index contributed by atoms with van der Waals surface area (Å²) < 4.78 is 5.49. The van der Waals surface area contributed by atoms with Crippen LogP contribution in [0, 0.1) is 5.92 Å². The molecule has 6 nitrogen and oxygen atoms in total. The Kier molecular flexibility index (Phi) is 3.98. The van der Waals surface area contributed by atoms with E-state index in [2.05, 4.69) is 15.3 Å². The minimum atomic E-state index is -0.313. The van der Waals surface area contributed by atoms with E-state index in [1.807, 2.05) is 0 Å². The van der Waals surface area contributed by atoms with Gasteiger partial charge in [0.05, 0.1) is 6.33 Å². The molecule has 4 N–H and O–H groups in total. The maximum atomic E-state index is 11.2. The lowest BCUT2D eigenvalue weighted by Gasteiger charge is -2.07. The molecule has 1 aromatic heterocycles. The molecule has 0 atom stereocenters. The second-order valence-corrected chi connectivity index (χ2v) is 4.29. The second-order valence-electron chi connectivity index (χ2n) is 4.29. The van der Waals surface area contributed by atoms with E-state index in [4.69, 9.17) is 10.5 Å². The number of nitrogens with two attached hydrogens (primary N) is 1. The molecule has 0 radical (unpaired) electrons. The first-order valence-corrected chi connectivity index (χ1v) is 5.92. The van der Waals surface area contributed by atoms with Gasteiger partial charge in [0.25, 0.3) is 5.56 Å². The fraction of sp³-hybridized carbons (Fsp3) is 0.636. The Morgan fingerprint density at radius 3 is 3.18 bits per heavy atom. The Morgan fingerprint density at radius 2 is 2.41 bits per heavy atom. The Morgan fingerprint density at radius 1 is 1.59 bits per heavy atom. The molecule has 0 aromatic carbocycles. The zero-order valence-corrected chi connectivity index (χ0v) is 9.74. The van der Waals surface area contributed by atoms with Gasteiger partial charge in [0.15, 0.2) is 5.82 Å². The third-order valence-electron chi connectivity index (χ3n) is 2.70. The lowest BCUT2D eigenvalue weighted by Crippen LogP contribution is -2.17. The highest BCUT2D eigenvalue weighted by atomic mass is 16.5. The molecule has 1 aliphatic rings. The summed E-state index contributed by atoms with van der Waals surface area (Å²) in [5.74, 6) is 1.24. The molecule has 6 heteroatoms. The first-order chi connectivity index (χ1) is 8.27. The van der Waals surface area contributed by atoms with Crippen LogP contribution in [0.4, 0.5) is 11.5 Å². The van der Waals surface area contributed by atoms with Crippen LogP contribution in [0.25, 0.3) is 0 Å². The van der Waals surface area contributed by atoms with Gasteiger partial charge in [0.1, 0.15) is 5.69 Å². The van der Waals surface area contributed by atoms with Gasteiger partial charge in [0, 0.05) is 19.8 Å². The van der Waals surface area contributed by atoms with Crippen LogP contribution in [0.5, 0.6) is 0 Å². The predicted octanol–water partition coefficient (Wildman–Crippen LogP) is 0.581. The SMILES string of the molecule is Nc1c(NCCCOCC2CC2)nc[nH]c1=O. The topological polar surface area (TPSA) is 93.0 Å². The Labute approximate surface area is 99.6 Å². The van der Waals surface area contributed by atoms with Gasteiger partial charge in [0.2, 0.25) is 0 Å². The molecule has 0 aliphatic heterocycles. The van der Waals surface area contributed by atoms with Crippen LogP contribution in [0.2, 0.25) is 0 Å². The van der Waals surface area contributed by atoms with Gasteiger partial charge >= 0.3 is 0 Å². The summed E-state index contributed by atoms with van der Waals surface area (Å²) in [7, 11) is 0. The van der Waals surface area contributed by atoms with Gasteiger partial charge in [-0.3, -0.25) is 4.79 Å². The van der Waals surface area contributed by atoms with E-state index in [9.17, 15) is 4.79 Å². The minimum absolute atomic E-state index is 0.131. The largest absolute Gasteiger partial charge is 0.391 e. The average molecular weight is 238 g/mol. The molecule has 0 unspecified atom stereocenters. The number of H-pyrrole nitrogens is 1. The number of hydrogen-bond acceptors (Lipinski definition) is 5. The van der Waals surface area contributed by atoms with Crippen molar-refractivity contribution in [2.75, 3.05) is 30.8 Å². The fourth-order valence-electron chi connectivity index (χ4n) is 1.47. The van der Waals surface area contributed by atoms with Crippen molar-refractivity contribution in [2.24, 2.45) is 5.92 Å². The molecule has 0 saturated heterocycles. The van der Waals surface area contributed by atoms with Crippen LogP contribution in [-0.2, 0) is 4.74 Å². The Balaban J connectivity index is 1.63. The monoisotopic (exact) mass is 238 g/mol. The van der Waals surface area contributed by atoms with Gasteiger partial charge in [-0.05, 0) is 25.2 Å². The molecule has 2 rings (SSSR count). The smallest absolute Gasteiger partial charge is 0.276 e. The lowest BCUT2D eigenvalue weighted by molar-refractivity contribution is 0.124. The molecule has 0 bridgehead atoms. The van der Waals surface area contributed by atoms with Gasteiger partial charge < -0.3 is 20.8 Å². The summed E-state index contributed by atoms with van der Waals surface area (Å²) in [5, 5.41) is 3.02. The van der Waals surface area contributed by atoms with Crippen molar-refractivity contribution in [1.82, 2.24) is 9.97 Å². The number of anilines is 2. The van der Waals surface area contributed by atoms with Crippen LogP contribution in [0.15, 0.2) is 11.1 Å². The Bertz CT molecular complexity index is 414. The maximum absolute atomic E-state index is 11.2. The zero-order valence-electron chi connectivity index (χ0n) is 9.74. The van der Waals surface area contributed by atoms with E-state index in [1.54, 1.807) is 0 Å². The highest BCUT2D eigenvalue weighted by Crippen LogP contribution is 2.28. The number of hydrogen-bond donors (Lipinski definition) is 3. The summed E-state index contributed by atoms with van der Waals surface area (Å²) >= 11 is 0. The van der Waals surface area contributed by atoms with Gasteiger partial charge in [-0.25, -0.2) is 4.98 Å². The predicted molar refractivity (Wildman–Crippen MR) is 65.9 cm³/mol. The van der Waals surface area contributed by atoms with E-state index < -0.39 is 0 Å². The number of nitrogens with zero attached hydrogens (tertiary/aromatic N) is 1. The summed E-state index contributed by atoms with van der Waals surface area (Å²) in [6.45, 7) is 2.31. The maximum Gasteiger partial charge on any atom is 0.276 e. The molecule has 17 heavy (non-hydrogen) atoms. The van der Waals surface area contributed by atoms with Crippen LogP contribution in [0.3, 0.4) is 0 Å². The zero-order chi connectivity index (χ0) is 12.1. The molecular weight excluding hydrogens is 220 g/mol. The number of aromatic nitrogens is 2. The molecule has 1 heterocycles. The van der Waals surface area contributed by atoms with Crippen molar-refractivity contribution >= 4 is 11.5 Å². The van der Waals surface area contributed by atoms with E-state index >= 15 is 0 Å². The number of aromatic amines is 1. The number of nitrogens with one attached hydrogen (secondary N) is 2. The highest BCUT2D eigenvalue weighted by molar-refractivity contribution is 5.58. The fourth-order valence-corrected chi connectivity index (χ4v) is 1.47. The molecule has 1 saturated carbocycles. The lowest BCUT2D eigenvalue weighted by atomic mass is 10.4. The molecule has 0 amide bonds. The van der Waals surface area contributed by atoms with E-state index in [0.29, 0.717) is 12.4 Å².